The molecule has 1 aliphatic heterocycles. The summed E-state index contributed by atoms with van der Waals surface area (Å²) in [5.41, 5.74) is 1.77. The Morgan fingerprint density at radius 1 is 1.40 bits per heavy atom. The molecule has 0 spiro atoms. The van der Waals surface area contributed by atoms with Crippen molar-refractivity contribution in [1.29, 1.82) is 0 Å². The predicted molar refractivity (Wildman–Crippen MR) is 56.5 cm³/mol. The summed E-state index contributed by atoms with van der Waals surface area (Å²) >= 11 is 0. The molecule has 0 N–H and O–H groups in total. The standard InChI is InChI=1S/C12H14FNO/c1-2-11-9-5-3-4-6-10(9)12(15)14(11)8-7-13/h3-6,11H,2,7-8H2,1H3. The lowest BCUT2D eigenvalue weighted by atomic mass is 10.0. The Bertz CT molecular complexity index is 378. The third-order valence-electron chi connectivity index (χ3n) is 2.90. The van der Waals surface area contributed by atoms with Crippen LogP contribution in [0.3, 0.4) is 0 Å². The van der Waals surface area contributed by atoms with E-state index in [-0.39, 0.29) is 18.5 Å². The van der Waals surface area contributed by atoms with Crippen molar-refractivity contribution in [3.8, 4) is 0 Å². The first-order valence-corrected chi connectivity index (χ1v) is 5.25. The van der Waals surface area contributed by atoms with Crippen LogP contribution in [0.1, 0.15) is 35.3 Å². The number of benzene rings is 1. The fourth-order valence-electron chi connectivity index (χ4n) is 2.24. The average molecular weight is 207 g/mol. The Balaban J connectivity index is 2.39. The maximum atomic E-state index is 12.4. The SMILES string of the molecule is CCC1c2ccccc2C(=O)N1CCF. The van der Waals surface area contributed by atoms with Crippen molar-refractivity contribution in [2.45, 2.75) is 19.4 Å². The van der Waals surface area contributed by atoms with Crippen molar-refractivity contribution in [3.63, 3.8) is 0 Å². The highest BCUT2D eigenvalue weighted by atomic mass is 19.1. The molecule has 80 valence electrons. The zero-order valence-corrected chi connectivity index (χ0v) is 8.74. The summed E-state index contributed by atoms with van der Waals surface area (Å²) < 4.78 is 12.4. The second-order valence-corrected chi connectivity index (χ2v) is 3.70. The van der Waals surface area contributed by atoms with Crippen molar-refractivity contribution >= 4 is 5.91 Å². The number of alkyl halides is 1. The van der Waals surface area contributed by atoms with Crippen LogP contribution in [-0.4, -0.2) is 24.0 Å². The van der Waals surface area contributed by atoms with E-state index in [0.717, 1.165) is 17.5 Å². The van der Waals surface area contributed by atoms with Crippen molar-refractivity contribution in [3.05, 3.63) is 35.4 Å². The Kier molecular flexibility index (Phi) is 2.71. The van der Waals surface area contributed by atoms with Crippen LogP contribution in [0.4, 0.5) is 4.39 Å². The van der Waals surface area contributed by atoms with Gasteiger partial charge in [-0.2, -0.15) is 0 Å². The van der Waals surface area contributed by atoms with Gasteiger partial charge in [-0.15, -0.1) is 0 Å². The maximum Gasteiger partial charge on any atom is 0.254 e. The number of amides is 1. The van der Waals surface area contributed by atoms with Crippen LogP contribution < -0.4 is 0 Å². The normalized spacial score (nSPS) is 19.5. The average Bonchev–Trinajstić information content (AvgIpc) is 2.54. The molecule has 0 bridgehead atoms. The minimum Gasteiger partial charge on any atom is -0.329 e. The first-order chi connectivity index (χ1) is 7.29. The van der Waals surface area contributed by atoms with E-state index in [0.29, 0.717) is 0 Å². The molecule has 2 rings (SSSR count). The smallest absolute Gasteiger partial charge is 0.254 e. The van der Waals surface area contributed by atoms with Gasteiger partial charge in [0.15, 0.2) is 0 Å². The molecule has 3 heteroatoms. The number of carbonyl (C=O) groups excluding carboxylic acids is 1. The molecule has 1 unspecified atom stereocenters. The van der Waals surface area contributed by atoms with Gasteiger partial charge in [0.25, 0.3) is 5.91 Å². The first kappa shape index (κ1) is 10.1. The molecule has 2 nitrogen and oxygen atoms in total. The maximum absolute atomic E-state index is 12.4. The van der Waals surface area contributed by atoms with E-state index in [1.807, 2.05) is 31.2 Å². The monoisotopic (exact) mass is 207 g/mol. The van der Waals surface area contributed by atoms with E-state index in [2.05, 4.69) is 0 Å². The van der Waals surface area contributed by atoms with E-state index < -0.39 is 6.67 Å². The summed E-state index contributed by atoms with van der Waals surface area (Å²) in [5, 5.41) is 0. The summed E-state index contributed by atoms with van der Waals surface area (Å²) in [6, 6.07) is 7.61. The second-order valence-electron chi connectivity index (χ2n) is 3.70. The van der Waals surface area contributed by atoms with E-state index in [4.69, 9.17) is 0 Å². The van der Waals surface area contributed by atoms with Crippen molar-refractivity contribution in [1.82, 2.24) is 4.90 Å². The van der Waals surface area contributed by atoms with Gasteiger partial charge >= 0.3 is 0 Å². The Morgan fingerprint density at radius 3 is 2.80 bits per heavy atom. The Labute approximate surface area is 88.7 Å². The molecule has 1 heterocycles. The molecular weight excluding hydrogens is 193 g/mol. The summed E-state index contributed by atoms with van der Waals surface area (Å²) in [6.45, 7) is 1.74. The largest absolute Gasteiger partial charge is 0.329 e. The molecule has 15 heavy (non-hydrogen) atoms. The first-order valence-electron chi connectivity index (χ1n) is 5.25. The van der Waals surface area contributed by atoms with Crippen LogP contribution in [0.25, 0.3) is 0 Å². The summed E-state index contributed by atoms with van der Waals surface area (Å²) in [7, 11) is 0. The number of halogens is 1. The highest BCUT2D eigenvalue weighted by molar-refractivity contribution is 5.99. The molecule has 0 saturated heterocycles. The Morgan fingerprint density at radius 2 is 2.13 bits per heavy atom. The lowest BCUT2D eigenvalue weighted by Gasteiger charge is -2.22. The van der Waals surface area contributed by atoms with Gasteiger partial charge in [0.1, 0.15) is 6.67 Å². The summed E-state index contributed by atoms with van der Waals surface area (Å²) in [6.07, 6.45) is 0.836. The topological polar surface area (TPSA) is 20.3 Å². The molecule has 0 fully saturated rings. The molecule has 1 aliphatic rings. The Hall–Kier alpha value is -1.38. The highest BCUT2D eigenvalue weighted by Gasteiger charge is 2.34. The quantitative estimate of drug-likeness (QED) is 0.746. The third kappa shape index (κ3) is 1.52. The van der Waals surface area contributed by atoms with Crippen LogP contribution in [-0.2, 0) is 0 Å². The minimum absolute atomic E-state index is 0.0323. The van der Waals surface area contributed by atoms with Crippen LogP contribution in [0.15, 0.2) is 24.3 Å². The van der Waals surface area contributed by atoms with E-state index in [1.54, 1.807) is 4.90 Å². The molecule has 1 aromatic rings. The van der Waals surface area contributed by atoms with Gasteiger partial charge in [-0.1, -0.05) is 25.1 Å². The molecule has 0 aromatic heterocycles. The van der Waals surface area contributed by atoms with Crippen molar-refractivity contribution < 1.29 is 9.18 Å². The molecular formula is C12H14FNO. The van der Waals surface area contributed by atoms with Gasteiger partial charge in [0.05, 0.1) is 6.04 Å². The molecule has 1 aromatic carbocycles. The van der Waals surface area contributed by atoms with Gasteiger partial charge < -0.3 is 4.90 Å². The van der Waals surface area contributed by atoms with Crippen molar-refractivity contribution in [2.24, 2.45) is 0 Å². The molecule has 0 saturated carbocycles. The summed E-state index contributed by atoms with van der Waals surface area (Å²) in [5.74, 6) is -0.0323. The number of hydrogen-bond donors (Lipinski definition) is 0. The van der Waals surface area contributed by atoms with Crippen LogP contribution in [0.5, 0.6) is 0 Å². The molecule has 1 amide bonds. The number of rotatable bonds is 3. The fraction of sp³-hybridized carbons (Fsp3) is 0.417. The number of fused-ring (bicyclic) bond motifs is 1. The highest BCUT2D eigenvalue weighted by Crippen LogP contribution is 2.35. The fourth-order valence-corrected chi connectivity index (χ4v) is 2.24. The number of carbonyl (C=O) groups is 1. The summed E-state index contributed by atoms with van der Waals surface area (Å²) in [4.78, 5) is 13.5. The van der Waals surface area contributed by atoms with Gasteiger partial charge in [0, 0.05) is 12.1 Å². The van der Waals surface area contributed by atoms with Crippen LogP contribution in [0, 0.1) is 0 Å². The van der Waals surface area contributed by atoms with E-state index in [1.165, 1.54) is 0 Å². The predicted octanol–water partition coefficient (Wildman–Crippen LogP) is 2.56. The molecule has 1 atom stereocenters. The number of hydrogen-bond acceptors (Lipinski definition) is 1. The third-order valence-corrected chi connectivity index (χ3v) is 2.90. The van der Waals surface area contributed by atoms with Gasteiger partial charge in [0.2, 0.25) is 0 Å². The van der Waals surface area contributed by atoms with Crippen LogP contribution in [0.2, 0.25) is 0 Å². The zero-order valence-electron chi connectivity index (χ0n) is 8.74. The minimum atomic E-state index is -0.476. The zero-order chi connectivity index (χ0) is 10.8. The molecule has 0 radical (unpaired) electrons. The van der Waals surface area contributed by atoms with Gasteiger partial charge in [-0.25, -0.2) is 4.39 Å². The van der Waals surface area contributed by atoms with E-state index >= 15 is 0 Å². The van der Waals surface area contributed by atoms with Gasteiger partial charge in [-0.3, -0.25) is 4.79 Å². The van der Waals surface area contributed by atoms with Gasteiger partial charge in [-0.05, 0) is 18.1 Å². The lowest BCUT2D eigenvalue weighted by molar-refractivity contribution is 0.0708. The second kappa shape index (κ2) is 4.01. The van der Waals surface area contributed by atoms with E-state index in [9.17, 15) is 9.18 Å². The van der Waals surface area contributed by atoms with Crippen molar-refractivity contribution in [2.75, 3.05) is 13.2 Å². The molecule has 0 aliphatic carbocycles. The lowest BCUT2D eigenvalue weighted by Crippen LogP contribution is -2.29. The van der Waals surface area contributed by atoms with Crippen LogP contribution >= 0.6 is 0 Å². The number of nitrogens with zero attached hydrogens (tertiary/aromatic N) is 1.